The lowest BCUT2D eigenvalue weighted by atomic mass is 9.70. The Bertz CT molecular complexity index is 4630. The maximum atomic E-state index is 2.59. The highest BCUT2D eigenvalue weighted by molar-refractivity contribution is 6.25. The van der Waals surface area contributed by atoms with Gasteiger partial charge in [0.2, 0.25) is 0 Å². The second-order valence-electron chi connectivity index (χ2n) is 21.4. The van der Waals surface area contributed by atoms with E-state index in [1.54, 1.807) is 0 Å². The molecule has 0 amide bonds. The summed E-state index contributed by atoms with van der Waals surface area (Å²) in [4.78, 5) is 2.59. The molecule has 1 heteroatoms. The zero-order valence-electron chi connectivity index (χ0n) is 43.9. The predicted octanol–water partition coefficient (Wildman–Crippen LogP) is 21.3. The molecule has 0 saturated heterocycles. The number of hydrogen-bond acceptors (Lipinski definition) is 1. The first-order chi connectivity index (χ1) is 39.7. The van der Waals surface area contributed by atoms with Gasteiger partial charge >= 0.3 is 0 Å². The first kappa shape index (κ1) is 45.8. The third-order valence-electron chi connectivity index (χ3n) is 17.3. The molecular formula is C79H51N. The average molecular weight is 1010 g/mol. The van der Waals surface area contributed by atoms with Crippen LogP contribution in [0.5, 0.6) is 0 Å². The molecule has 0 aliphatic heterocycles. The van der Waals surface area contributed by atoms with Gasteiger partial charge in [0.25, 0.3) is 0 Å². The van der Waals surface area contributed by atoms with Gasteiger partial charge in [-0.2, -0.15) is 0 Å². The minimum atomic E-state index is -0.525. The van der Waals surface area contributed by atoms with Crippen molar-refractivity contribution in [2.24, 2.45) is 0 Å². The van der Waals surface area contributed by atoms with Crippen molar-refractivity contribution >= 4 is 49.4 Å². The van der Waals surface area contributed by atoms with Gasteiger partial charge in [-0.05, 0) is 164 Å². The molecule has 0 radical (unpaired) electrons. The minimum absolute atomic E-state index is 0.525. The highest BCUT2D eigenvalue weighted by atomic mass is 15.1. The quantitative estimate of drug-likeness (QED) is 0.137. The monoisotopic (exact) mass is 1010 g/mol. The molecule has 16 rings (SSSR count). The van der Waals surface area contributed by atoms with Crippen LogP contribution < -0.4 is 4.90 Å². The molecule has 0 unspecified atom stereocenters. The Labute approximate surface area is 466 Å². The highest BCUT2D eigenvalue weighted by Gasteiger charge is 2.51. The predicted molar refractivity (Wildman–Crippen MR) is 337 cm³/mol. The summed E-state index contributed by atoms with van der Waals surface area (Å²) in [5, 5.41) is 7.25. The second kappa shape index (κ2) is 18.4. The lowest BCUT2D eigenvalue weighted by Crippen LogP contribution is -2.26. The molecule has 14 aromatic rings. The molecule has 0 atom stereocenters. The molecule has 0 fully saturated rings. The number of anilines is 3. The molecule has 80 heavy (non-hydrogen) atoms. The summed E-state index contributed by atoms with van der Waals surface area (Å²) in [7, 11) is 0. The van der Waals surface area contributed by atoms with E-state index in [2.05, 4.69) is 314 Å². The first-order valence-electron chi connectivity index (χ1n) is 27.8. The van der Waals surface area contributed by atoms with Gasteiger partial charge in [-0.3, -0.25) is 0 Å². The largest absolute Gasteiger partial charge is 0.309 e. The molecule has 372 valence electrons. The van der Waals surface area contributed by atoms with Gasteiger partial charge in [-0.25, -0.2) is 0 Å². The maximum absolute atomic E-state index is 2.59. The molecule has 0 aromatic heterocycles. The molecule has 2 aliphatic carbocycles. The second-order valence-corrected chi connectivity index (χ2v) is 21.4. The Balaban J connectivity index is 0.990. The molecule has 0 N–H and O–H groups in total. The lowest BCUT2D eigenvalue weighted by molar-refractivity contribution is 0.793. The summed E-state index contributed by atoms with van der Waals surface area (Å²) < 4.78 is 0. The third-order valence-corrected chi connectivity index (χ3v) is 17.3. The number of nitrogens with zero attached hydrogens (tertiary/aromatic N) is 1. The maximum Gasteiger partial charge on any atom is 0.0726 e. The fraction of sp³-hybridized carbons (Fsp3) is 0.0127. The van der Waals surface area contributed by atoms with Crippen LogP contribution >= 0.6 is 0 Å². The van der Waals surface area contributed by atoms with E-state index in [9.17, 15) is 0 Å². The van der Waals surface area contributed by atoms with Crippen molar-refractivity contribution in [3.63, 3.8) is 0 Å². The van der Waals surface area contributed by atoms with Crippen LogP contribution in [0.1, 0.15) is 22.3 Å². The van der Waals surface area contributed by atoms with Crippen LogP contribution in [-0.4, -0.2) is 0 Å². The van der Waals surface area contributed by atoms with E-state index < -0.39 is 5.41 Å². The van der Waals surface area contributed by atoms with Crippen LogP contribution in [0.25, 0.3) is 110 Å². The fourth-order valence-corrected chi connectivity index (χ4v) is 13.8. The van der Waals surface area contributed by atoms with E-state index in [1.165, 1.54) is 127 Å². The van der Waals surface area contributed by atoms with Gasteiger partial charge in [0.1, 0.15) is 0 Å². The summed E-state index contributed by atoms with van der Waals surface area (Å²) >= 11 is 0. The zero-order chi connectivity index (χ0) is 52.7. The van der Waals surface area contributed by atoms with Gasteiger partial charge in [0.05, 0.1) is 11.1 Å². The van der Waals surface area contributed by atoms with Crippen LogP contribution in [0.15, 0.2) is 309 Å². The van der Waals surface area contributed by atoms with E-state index in [-0.39, 0.29) is 0 Å². The van der Waals surface area contributed by atoms with E-state index >= 15 is 0 Å². The normalized spacial score (nSPS) is 12.6. The van der Waals surface area contributed by atoms with E-state index in [4.69, 9.17) is 0 Å². The van der Waals surface area contributed by atoms with Crippen molar-refractivity contribution in [2.75, 3.05) is 4.90 Å². The molecule has 1 nitrogen and oxygen atoms in total. The van der Waals surface area contributed by atoms with Crippen molar-refractivity contribution < 1.29 is 0 Å². The Morgan fingerprint density at radius 3 is 1.12 bits per heavy atom. The Hall–Kier alpha value is -10.3. The molecular weight excluding hydrogens is 963 g/mol. The summed E-state index contributed by atoms with van der Waals surface area (Å²) in [6, 6.07) is 115. The van der Waals surface area contributed by atoms with Crippen molar-refractivity contribution in [3.05, 3.63) is 332 Å². The Morgan fingerprint density at radius 2 is 0.575 bits per heavy atom. The van der Waals surface area contributed by atoms with Crippen LogP contribution in [-0.2, 0) is 5.41 Å². The van der Waals surface area contributed by atoms with Gasteiger partial charge in [0.15, 0.2) is 0 Å². The average Bonchev–Trinajstić information content (AvgIpc) is 4.15. The van der Waals surface area contributed by atoms with E-state index in [0.29, 0.717) is 0 Å². The molecule has 0 heterocycles. The highest BCUT2D eigenvalue weighted by Crippen LogP contribution is 2.64. The molecule has 2 aliphatic rings. The minimum Gasteiger partial charge on any atom is -0.309 e. The summed E-state index contributed by atoms with van der Waals surface area (Å²) in [6.07, 6.45) is 0. The number of fused-ring (bicyclic) bond motifs is 14. The van der Waals surface area contributed by atoms with Crippen LogP contribution in [0.3, 0.4) is 0 Å². The smallest absolute Gasteiger partial charge is 0.0726 e. The SMILES string of the molecule is c1ccc(-c2cc(-c3ccccc3)cc(-c3ccc(N(c4ccc5c(c4)C4(c6ccccc6-c6ccccc64)c4ccccc4-5)c4c(-c5cccc6c(-c7ccccc7)cccc56)c5ccccc5c5ccccc45)cc3)c2)cc1. The van der Waals surface area contributed by atoms with Crippen molar-refractivity contribution in [2.45, 2.75) is 5.41 Å². The van der Waals surface area contributed by atoms with Crippen molar-refractivity contribution in [1.29, 1.82) is 0 Å². The summed E-state index contributed by atoms with van der Waals surface area (Å²) in [5.41, 5.74) is 25.1. The molecule has 0 saturated carbocycles. The van der Waals surface area contributed by atoms with Crippen LogP contribution in [0.2, 0.25) is 0 Å². The van der Waals surface area contributed by atoms with Crippen LogP contribution in [0, 0.1) is 0 Å². The number of benzene rings is 14. The van der Waals surface area contributed by atoms with E-state index in [1.807, 2.05) is 0 Å². The van der Waals surface area contributed by atoms with Crippen molar-refractivity contribution in [1.82, 2.24) is 0 Å². The molecule has 1 spiro atoms. The standard InChI is InChI=1S/C79H51N/c1-4-22-52(23-5-1)56-48-57(53-24-6-2-7-25-53)50-58(49-56)54-42-44-59(45-43-54)80(60-46-47-69-68-32-16-19-41-75(68)79(76(69)51-60)73-39-17-14-30-66(73)67-31-15-18-40-74(67)79)78-72-34-13-11-29-65(72)63-28-10-12-33-70(63)77(78)71-38-21-36-62-61(35-20-37-64(62)71)55-26-8-3-9-27-55/h1-51H. The van der Waals surface area contributed by atoms with Crippen molar-refractivity contribution in [3.8, 4) is 77.9 Å². The first-order valence-corrected chi connectivity index (χ1v) is 27.8. The van der Waals surface area contributed by atoms with E-state index in [0.717, 1.165) is 22.6 Å². The van der Waals surface area contributed by atoms with Gasteiger partial charge in [-0.15, -0.1) is 0 Å². The topological polar surface area (TPSA) is 3.24 Å². The molecule has 0 bridgehead atoms. The number of hydrogen-bond donors (Lipinski definition) is 0. The fourth-order valence-electron chi connectivity index (χ4n) is 13.8. The third kappa shape index (κ3) is 6.97. The zero-order valence-corrected chi connectivity index (χ0v) is 43.9. The van der Waals surface area contributed by atoms with Gasteiger partial charge in [-0.1, -0.05) is 267 Å². The van der Waals surface area contributed by atoms with Gasteiger partial charge < -0.3 is 4.90 Å². The Morgan fingerprint density at radius 1 is 0.200 bits per heavy atom. The molecule has 14 aromatic carbocycles. The number of rotatable bonds is 8. The lowest BCUT2D eigenvalue weighted by Gasteiger charge is -2.34. The summed E-state index contributed by atoms with van der Waals surface area (Å²) in [5.74, 6) is 0. The van der Waals surface area contributed by atoms with Gasteiger partial charge in [0, 0.05) is 22.3 Å². The summed E-state index contributed by atoms with van der Waals surface area (Å²) in [6.45, 7) is 0. The van der Waals surface area contributed by atoms with Crippen LogP contribution in [0.4, 0.5) is 17.1 Å². The Kier molecular flexibility index (Phi) is 10.5.